The Balaban J connectivity index is 1.52. The zero-order valence-corrected chi connectivity index (χ0v) is 14.6. The number of carboxylic acid groups (broad SMARTS) is 1. The van der Waals surface area contributed by atoms with E-state index in [4.69, 9.17) is 14.4 Å². The van der Waals surface area contributed by atoms with Crippen molar-refractivity contribution < 1.29 is 24.0 Å². The molecule has 0 bridgehead atoms. The van der Waals surface area contributed by atoms with Gasteiger partial charge in [-0.3, -0.25) is 4.79 Å². The number of aromatic nitrogens is 2. The first-order chi connectivity index (χ1) is 12.6. The minimum atomic E-state index is -0.933. The number of hydrogen-bond donors (Lipinski definition) is 1. The summed E-state index contributed by atoms with van der Waals surface area (Å²) in [5.74, 6) is 0.624. The van der Waals surface area contributed by atoms with Gasteiger partial charge in [0, 0.05) is 24.9 Å². The molecule has 1 fully saturated rings. The molecule has 0 aliphatic carbocycles. The van der Waals surface area contributed by atoms with E-state index in [0.717, 1.165) is 17.7 Å². The number of aliphatic carboxylic acids is 1. The molecule has 0 spiro atoms. The maximum Gasteiger partial charge on any atom is 0.326 e. The van der Waals surface area contributed by atoms with E-state index >= 15 is 0 Å². The van der Waals surface area contributed by atoms with Crippen LogP contribution in [0.15, 0.2) is 28.8 Å². The number of carboxylic acids is 1. The highest BCUT2D eigenvalue weighted by atomic mass is 16.5. The quantitative estimate of drug-likeness (QED) is 0.807. The summed E-state index contributed by atoms with van der Waals surface area (Å²) in [6.45, 7) is 0.512. The molecule has 0 unspecified atom stereocenters. The van der Waals surface area contributed by atoms with Crippen LogP contribution in [0.5, 0.6) is 5.75 Å². The largest absolute Gasteiger partial charge is 0.497 e. The van der Waals surface area contributed by atoms with Crippen LogP contribution in [0, 0.1) is 0 Å². The topological polar surface area (TPSA) is 106 Å². The molecule has 2 aromatic rings. The Morgan fingerprint density at radius 2 is 2.12 bits per heavy atom. The van der Waals surface area contributed by atoms with Crippen molar-refractivity contribution >= 4 is 11.9 Å². The summed E-state index contributed by atoms with van der Waals surface area (Å²) in [5.41, 5.74) is 0.818. The van der Waals surface area contributed by atoms with Gasteiger partial charge in [-0.25, -0.2) is 4.79 Å². The van der Waals surface area contributed by atoms with Crippen LogP contribution < -0.4 is 4.74 Å². The van der Waals surface area contributed by atoms with Gasteiger partial charge in [-0.15, -0.1) is 0 Å². The third kappa shape index (κ3) is 4.01. The van der Waals surface area contributed by atoms with Crippen LogP contribution in [-0.4, -0.2) is 51.7 Å². The molecule has 1 aromatic heterocycles. The number of hydrogen-bond acceptors (Lipinski definition) is 6. The second-order valence-electron chi connectivity index (χ2n) is 6.18. The molecule has 8 nitrogen and oxygen atoms in total. The molecule has 138 valence electrons. The third-order valence-electron chi connectivity index (χ3n) is 4.46. The summed E-state index contributed by atoms with van der Waals surface area (Å²) in [5, 5.41) is 13.1. The zero-order chi connectivity index (χ0) is 18.5. The van der Waals surface area contributed by atoms with Gasteiger partial charge < -0.3 is 19.3 Å². The van der Waals surface area contributed by atoms with E-state index in [1.165, 1.54) is 4.90 Å². The second-order valence-corrected chi connectivity index (χ2v) is 6.18. The molecular formula is C18H21N3O5. The molecule has 1 aliphatic heterocycles. The second kappa shape index (κ2) is 7.99. The fraction of sp³-hybridized carbons (Fsp3) is 0.444. The monoisotopic (exact) mass is 359 g/mol. The first kappa shape index (κ1) is 17.9. The van der Waals surface area contributed by atoms with Gasteiger partial charge in [0.05, 0.1) is 7.11 Å². The van der Waals surface area contributed by atoms with E-state index in [2.05, 4.69) is 10.1 Å². The molecule has 1 amide bonds. The molecule has 1 saturated heterocycles. The highest BCUT2D eigenvalue weighted by molar-refractivity contribution is 5.84. The van der Waals surface area contributed by atoms with Crippen LogP contribution >= 0.6 is 0 Å². The van der Waals surface area contributed by atoms with E-state index in [1.807, 2.05) is 24.3 Å². The van der Waals surface area contributed by atoms with Gasteiger partial charge in [-0.1, -0.05) is 5.16 Å². The lowest BCUT2D eigenvalue weighted by molar-refractivity contribution is -0.148. The molecule has 2 heterocycles. The van der Waals surface area contributed by atoms with Crippen LogP contribution in [0.2, 0.25) is 0 Å². The molecule has 1 aromatic carbocycles. The van der Waals surface area contributed by atoms with Crippen molar-refractivity contribution in [1.29, 1.82) is 0 Å². The number of nitrogens with zero attached hydrogens (tertiary/aromatic N) is 3. The molecule has 1 atom stereocenters. The SMILES string of the molecule is COc1ccc(-c2noc(CCCC(=O)N3CCC[C@@H]3C(=O)O)n2)cc1. The van der Waals surface area contributed by atoms with Crippen molar-refractivity contribution in [1.82, 2.24) is 15.0 Å². The molecule has 0 radical (unpaired) electrons. The Hall–Kier alpha value is -2.90. The van der Waals surface area contributed by atoms with Crippen molar-refractivity contribution in [2.75, 3.05) is 13.7 Å². The Labute approximate surface area is 150 Å². The number of rotatable bonds is 7. The fourth-order valence-corrected chi connectivity index (χ4v) is 3.07. The third-order valence-corrected chi connectivity index (χ3v) is 4.46. The maximum absolute atomic E-state index is 12.2. The molecule has 26 heavy (non-hydrogen) atoms. The summed E-state index contributed by atoms with van der Waals surface area (Å²) in [7, 11) is 1.60. The normalized spacial score (nSPS) is 16.7. The first-order valence-corrected chi connectivity index (χ1v) is 8.58. The van der Waals surface area contributed by atoms with Gasteiger partial charge in [0.2, 0.25) is 17.6 Å². The summed E-state index contributed by atoms with van der Waals surface area (Å²) < 4.78 is 10.3. The van der Waals surface area contributed by atoms with E-state index in [0.29, 0.717) is 37.5 Å². The van der Waals surface area contributed by atoms with Gasteiger partial charge in [-0.05, 0) is 43.5 Å². The van der Waals surface area contributed by atoms with Crippen molar-refractivity contribution in [2.24, 2.45) is 0 Å². The van der Waals surface area contributed by atoms with Crippen molar-refractivity contribution in [3.05, 3.63) is 30.2 Å². The number of amides is 1. The van der Waals surface area contributed by atoms with E-state index in [1.54, 1.807) is 7.11 Å². The highest BCUT2D eigenvalue weighted by Crippen LogP contribution is 2.21. The average molecular weight is 359 g/mol. The summed E-state index contributed by atoms with van der Waals surface area (Å²) >= 11 is 0. The number of benzene rings is 1. The van der Waals surface area contributed by atoms with Crippen molar-refractivity contribution in [2.45, 2.75) is 38.1 Å². The fourth-order valence-electron chi connectivity index (χ4n) is 3.07. The first-order valence-electron chi connectivity index (χ1n) is 8.58. The predicted octanol–water partition coefficient (Wildman–Crippen LogP) is 2.14. The molecule has 8 heteroatoms. The lowest BCUT2D eigenvalue weighted by Crippen LogP contribution is -2.40. The number of aryl methyl sites for hydroxylation is 1. The Morgan fingerprint density at radius 1 is 1.35 bits per heavy atom. The number of methoxy groups -OCH3 is 1. The summed E-state index contributed by atoms with van der Waals surface area (Å²) in [6.07, 6.45) is 2.53. The van der Waals surface area contributed by atoms with Crippen molar-refractivity contribution in [3.8, 4) is 17.1 Å². The van der Waals surface area contributed by atoms with E-state index in [9.17, 15) is 9.59 Å². The van der Waals surface area contributed by atoms with Gasteiger partial charge >= 0.3 is 5.97 Å². The van der Waals surface area contributed by atoms with E-state index in [-0.39, 0.29) is 12.3 Å². The van der Waals surface area contributed by atoms with Crippen molar-refractivity contribution in [3.63, 3.8) is 0 Å². The average Bonchev–Trinajstić information content (AvgIpc) is 3.31. The van der Waals surface area contributed by atoms with Gasteiger partial charge in [0.1, 0.15) is 11.8 Å². The Morgan fingerprint density at radius 3 is 2.81 bits per heavy atom. The van der Waals surface area contributed by atoms with E-state index < -0.39 is 12.0 Å². The number of carbonyl (C=O) groups is 2. The van der Waals surface area contributed by atoms with Gasteiger partial charge in [0.15, 0.2) is 0 Å². The smallest absolute Gasteiger partial charge is 0.326 e. The standard InChI is InChI=1S/C18H21N3O5/c1-25-13-9-7-12(8-10-13)17-19-15(26-20-17)5-2-6-16(22)21-11-3-4-14(21)18(23)24/h7-10,14H,2-6,11H2,1H3,(H,23,24)/t14-/m1/s1. The minimum absolute atomic E-state index is 0.134. The van der Waals surface area contributed by atoms with Crippen LogP contribution in [0.4, 0.5) is 0 Å². The highest BCUT2D eigenvalue weighted by Gasteiger charge is 2.33. The number of carbonyl (C=O) groups excluding carboxylic acids is 1. The molecule has 1 aliphatic rings. The lowest BCUT2D eigenvalue weighted by Gasteiger charge is -2.21. The van der Waals surface area contributed by atoms with Crippen LogP contribution in [0.1, 0.15) is 31.6 Å². The molecule has 1 N–H and O–H groups in total. The minimum Gasteiger partial charge on any atom is -0.497 e. The Bertz CT molecular complexity index is 771. The van der Waals surface area contributed by atoms with Crippen LogP contribution in [-0.2, 0) is 16.0 Å². The zero-order valence-electron chi connectivity index (χ0n) is 14.6. The Kier molecular flexibility index (Phi) is 5.50. The summed E-state index contributed by atoms with van der Waals surface area (Å²) in [4.78, 5) is 29.2. The molecule has 0 saturated carbocycles. The maximum atomic E-state index is 12.2. The molecular weight excluding hydrogens is 338 g/mol. The number of likely N-dealkylation sites (tertiary alicyclic amines) is 1. The van der Waals surface area contributed by atoms with Gasteiger partial charge in [-0.2, -0.15) is 4.98 Å². The lowest BCUT2D eigenvalue weighted by atomic mass is 10.2. The van der Waals surface area contributed by atoms with Crippen LogP contribution in [0.25, 0.3) is 11.4 Å². The number of ether oxygens (including phenoxy) is 1. The molecule has 3 rings (SSSR count). The predicted molar refractivity (Wildman–Crippen MR) is 91.6 cm³/mol. The summed E-state index contributed by atoms with van der Waals surface area (Å²) in [6, 6.07) is 6.64. The van der Waals surface area contributed by atoms with Crippen LogP contribution in [0.3, 0.4) is 0 Å². The van der Waals surface area contributed by atoms with Gasteiger partial charge in [0.25, 0.3) is 0 Å².